The molecule has 2 aliphatic rings. The molecule has 7 nitrogen and oxygen atoms in total. The Morgan fingerprint density at radius 2 is 2.06 bits per heavy atom. The number of benzene rings is 1. The standard InChI is InChI=1S/C23H28N2O5S2/c1-2-3-11-30-17-7-4-6-15(13-17)21(26)25-23-20(18-8-5-9-19(18)31-23)22(27)24-16-10-12-32(28,29)14-16/h4,6-7,13,16H,2-3,5,8-12,14H2,1H3,(H,24,27)(H,25,26)/t16-/m1/s1. The second-order valence-corrected chi connectivity index (χ2v) is 11.7. The summed E-state index contributed by atoms with van der Waals surface area (Å²) in [6.45, 7) is 2.69. The van der Waals surface area contributed by atoms with Gasteiger partial charge in [-0.25, -0.2) is 8.42 Å². The molecule has 1 saturated heterocycles. The largest absolute Gasteiger partial charge is 0.494 e. The van der Waals surface area contributed by atoms with E-state index >= 15 is 0 Å². The summed E-state index contributed by atoms with van der Waals surface area (Å²) >= 11 is 1.44. The number of nitrogens with one attached hydrogen (secondary N) is 2. The van der Waals surface area contributed by atoms with Crippen LogP contribution in [0.25, 0.3) is 0 Å². The summed E-state index contributed by atoms with van der Waals surface area (Å²) in [5.41, 5.74) is 1.91. The fourth-order valence-electron chi connectivity index (χ4n) is 4.14. The topological polar surface area (TPSA) is 102 Å². The number of carbonyl (C=O) groups is 2. The molecule has 0 bridgehead atoms. The molecular weight excluding hydrogens is 448 g/mol. The smallest absolute Gasteiger partial charge is 0.256 e. The van der Waals surface area contributed by atoms with E-state index in [-0.39, 0.29) is 29.4 Å². The molecule has 1 aliphatic carbocycles. The molecule has 32 heavy (non-hydrogen) atoms. The quantitative estimate of drug-likeness (QED) is 0.567. The summed E-state index contributed by atoms with van der Waals surface area (Å²) in [6.07, 6.45) is 5.04. The maximum absolute atomic E-state index is 13.1. The van der Waals surface area contributed by atoms with Gasteiger partial charge in [0.25, 0.3) is 11.8 Å². The Labute approximate surface area is 192 Å². The number of hydrogen-bond acceptors (Lipinski definition) is 6. The van der Waals surface area contributed by atoms with E-state index in [9.17, 15) is 18.0 Å². The second-order valence-electron chi connectivity index (χ2n) is 8.32. The van der Waals surface area contributed by atoms with E-state index in [1.165, 1.54) is 11.3 Å². The minimum atomic E-state index is -3.09. The summed E-state index contributed by atoms with van der Waals surface area (Å²) < 4.78 is 29.2. The number of thiophene rings is 1. The van der Waals surface area contributed by atoms with Crippen molar-refractivity contribution < 1.29 is 22.7 Å². The number of fused-ring (bicyclic) bond motifs is 1. The summed E-state index contributed by atoms with van der Waals surface area (Å²) in [5.74, 6) is 0.0966. The van der Waals surface area contributed by atoms with Gasteiger partial charge in [0, 0.05) is 16.5 Å². The van der Waals surface area contributed by atoms with Crippen LogP contribution in [0, 0.1) is 0 Å². The van der Waals surface area contributed by atoms with Gasteiger partial charge in [-0.2, -0.15) is 0 Å². The predicted octanol–water partition coefficient (Wildman–Crippen LogP) is 3.58. The van der Waals surface area contributed by atoms with Gasteiger partial charge in [0.1, 0.15) is 10.8 Å². The Morgan fingerprint density at radius 3 is 2.81 bits per heavy atom. The van der Waals surface area contributed by atoms with Crippen molar-refractivity contribution in [2.24, 2.45) is 0 Å². The van der Waals surface area contributed by atoms with Crippen molar-refractivity contribution in [3.8, 4) is 5.75 Å². The van der Waals surface area contributed by atoms with Gasteiger partial charge in [-0.1, -0.05) is 19.4 Å². The fraction of sp³-hybridized carbons (Fsp3) is 0.478. The number of sulfone groups is 1. The van der Waals surface area contributed by atoms with Gasteiger partial charge in [-0.3, -0.25) is 9.59 Å². The molecule has 2 amide bonds. The van der Waals surface area contributed by atoms with Crippen molar-refractivity contribution in [1.29, 1.82) is 0 Å². The predicted molar refractivity (Wildman–Crippen MR) is 126 cm³/mol. The number of ether oxygens (including phenoxy) is 1. The molecule has 0 spiro atoms. The molecule has 4 rings (SSSR count). The number of aryl methyl sites for hydroxylation is 1. The normalized spacial score (nSPS) is 18.8. The lowest BCUT2D eigenvalue weighted by molar-refractivity contribution is 0.0941. The second kappa shape index (κ2) is 9.62. The summed E-state index contributed by atoms with van der Waals surface area (Å²) in [7, 11) is -3.09. The van der Waals surface area contributed by atoms with Crippen LogP contribution in [0.4, 0.5) is 5.00 Å². The minimum absolute atomic E-state index is 0.0302. The first-order chi connectivity index (χ1) is 15.4. The molecule has 2 N–H and O–H groups in total. The number of amides is 2. The van der Waals surface area contributed by atoms with Gasteiger partial charge in [0.2, 0.25) is 0 Å². The van der Waals surface area contributed by atoms with Gasteiger partial charge >= 0.3 is 0 Å². The average molecular weight is 477 g/mol. The van der Waals surface area contributed by atoms with Crippen molar-refractivity contribution in [3.05, 3.63) is 45.8 Å². The Morgan fingerprint density at radius 1 is 1.22 bits per heavy atom. The van der Waals surface area contributed by atoms with Crippen molar-refractivity contribution in [2.45, 2.75) is 51.5 Å². The zero-order valence-electron chi connectivity index (χ0n) is 18.1. The van der Waals surface area contributed by atoms with E-state index in [1.54, 1.807) is 18.2 Å². The monoisotopic (exact) mass is 476 g/mol. The molecule has 172 valence electrons. The highest BCUT2D eigenvalue weighted by molar-refractivity contribution is 7.91. The van der Waals surface area contributed by atoms with Crippen LogP contribution in [0.2, 0.25) is 0 Å². The van der Waals surface area contributed by atoms with Crippen molar-refractivity contribution >= 4 is 38.0 Å². The SMILES string of the molecule is CCCCOc1cccc(C(=O)Nc2sc3c(c2C(=O)N[C@@H]2CCS(=O)(=O)C2)CCC3)c1. The van der Waals surface area contributed by atoms with Crippen molar-refractivity contribution in [2.75, 3.05) is 23.4 Å². The zero-order valence-corrected chi connectivity index (χ0v) is 19.7. The molecule has 1 aromatic heterocycles. The van der Waals surface area contributed by atoms with Crippen molar-refractivity contribution in [3.63, 3.8) is 0 Å². The van der Waals surface area contributed by atoms with Crippen LogP contribution >= 0.6 is 11.3 Å². The van der Waals surface area contributed by atoms with Gasteiger partial charge < -0.3 is 15.4 Å². The molecule has 2 aromatic rings. The fourth-order valence-corrected chi connectivity index (χ4v) is 7.09. The lowest BCUT2D eigenvalue weighted by Crippen LogP contribution is -2.36. The van der Waals surface area contributed by atoms with E-state index in [0.29, 0.717) is 34.9 Å². The maximum atomic E-state index is 13.1. The molecular formula is C23H28N2O5S2. The van der Waals surface area contributed by atoms with E-state index in [0.717, 1.165) is 42.5 Å². The molecule has 9 heteroatoms. The molecule has 1 fully saturated rings. The van der Waals surface area contributed by atoms with Crippen molar-refractivity contribution in [1.82, 2.24) is 5.32 Å². The number of carbonyl (C=O) groups excluding carboxylic acids is 2. The van der Waals surface area contributed by atoms with Crippen LogP contribution in [0.15, 0.2) is 24.3 Å². The first-order valence-electron chi connectivity index (χ1n) is 11.1. The highest BCUT2D eigenvalue weighted by atomic mass is 32.2. The highest BCUT2D eigenvalue weighted by Crippen LogP contribution is 2.39. The number of rotatable bonds is 8. The first kappa shape index (κ1) is 22.8. The molecule has 0 unspecified atom stereocenters. The van der Waals surface area contributed by atoms with E-state index in [4.69, 9.17) is 4.74 Å². The lowest BCUT2D eigenvalue weighted by Gasteiger charge is -2.13. The summed E-state index contributed by atoms with van der Waals surface area (Å²) in [6, 6.07) is 6.63. The zero-order chi connectivity index (χ0) is 22.7. The lowest BCUT2D eigenvalue weighted by atomic mass is 10.1. The Kier molecular flexibility index (Phi) is 6.85. The number of anilines is 1. The Bertz CT molecular complexity index is 1120. The minimum Gasteiger partial charge on any atom is -0.494 e. The Balaban J connectivity index is 1.51. The summed E-state index contributed by atoms with van der Waals surface area (Å²) in [4.78, 5) is 27.2. The van der Waals surface area contributed by atoms with Gasteiger partial charge in [-0.05, 0) is 55.9 Å². The van der Waals surface area contributed by atoms with Crippen LogP contribution in [-0.2, 0) is 22.7 Å². The van der Waals surface area contributed by atoms with E-state index < -0.39 is 9.84 Å². The molecule has 1 aliphatic heterocycles. The van der Waals surface area contributed by atoms with Crippen LogP contribution in [0.3, 0.4) is 0 Å². The van der Waals surface area contributed by atoms with Gasteiger partial charge in [0.05, 0.1) is 23.7 Å². The third-order valence-electron chi connectivity index (χ3n) is 5.81. The summed E-state index contributed by atoms with van der Waals surface area (Å²) in [5, 5.41) is 6.32. The molecule has 0 saturated carbocycles. The number of unbranched alkanes of at least 4 members (excludes halogenated alkanes) is 1. The Hall–Kier alpha value is -2.39. The highest BCUT2D eigenvalue weighted by Gasteiger charge is 2.32. The van der Waals surface area contributed by atoms with E-state index in [1.807, 2.05) is 6.07 Å². The van der Waals surface area contributed by atoms with Crippen LogP contribution in [-0.4, -0.2) is 44.4 Å². The maximum Gasteiger partial charge on any atom is 0.256 e. The average Bonchev–Trinajstić information content (AvgIpc) is 3.42. The van der Waals surface area contributed by atoms with Crippen LogP contribution in [0.1, 0.15) is 63.8 Å². The number of hydrogen-bond donors (Lipinski definition) is 2. The third-order valence-corrected chi connectivity index (χ3v) is 8.78. The van der Waals surface area contributed by atoms with E-state index in [2.05, 4.69) is 17.6 Å². The van der Waals surface area contributed by atoms with Crippen LogP contribution < -0.4 is 15.4 Å². The van der Waals surface area contributed by atoms with Gasteiger partial charge in [0.15, 0.2) is 9.84 Å². The molecule has 1 aromatic carbocycles. The first-order valence-corrected chi connectivity index (χ1v) is 13.7. The molecule has 0 radical (unpaired) electrons. The third kappa shape index (κ3) is 5.15. The molecule has 2 heterocycles. The molecule has 1 atom stereocenters. The van der Waals surface area contributed by atoms with Gasteiger partial charge in [-0.15, -0.1) is 11.3 Å². The van der Waals surface area contributed by atoms with Crippen LogP contribution in [0.5, 0.6) is 5.75 Å².